The van der Waals surface area contributed by atoms with Crippen LogP contribution in [0.1, 0.15) is 19.4 Å². The first kappa shape index (κ1) is 16.4. The molecule has 0 aromatic heterocycles. The Kier molecular flexibility index (Phi) is 5.50. The van der Waals surface area contributed by atoms with Crippen molar-refractivity contribution in [1.82, 2.24) is 0 Å². The van der Waals surface area contributed by atoms with Gasteiger partial charge in [-0.1, -0.05) is 0 Å². The molecule has 6 nitrogen and oxygen atoms in total. The maximum Gasteiger partial charge on any atom is 0.325 e. The number of nitrogens with zero attached hydrogens (tertiary/aromatic N) is 2. The molecule has 1 rings (SSSR count). The maximum absolute atomic E-state index is 11.5. The molecule has 0 saturated heterocycles. The Labute approximate surface area is 126 Å². The average Bonchev–Trinajstić information content (AvgIpc) is 2.37. The van der Waals surface area contributed by atoms with Crippen LogP contribution in [0.2, 0.25) is 0 Å². The monoisotopic (exact) mass is 344 g/mol. The maximum atomic E-state index is 11.5. The van der Waals surface area contributed by atoms with Crippen LogP contribution >= 0.6 is 15.9 Å². The molecule has 0 bridgehead atoms. The Morgan fingerprint density at radius 3 is 2.55 bits per heavy atom. The van der Waals surface area contributed by atoms with Crippen LogP contribution in [0.4, 0.5) is 11.4 Å². The fourth-order valence-corrected chi connectivity index (χ4v) is 2.38. The minimum atomic E-state index is -0.427. The van der Waals surface area contributed by atoms with E-state index in [2.05, 4.69) is 20.7 Å². The molecule has 0 fully saturated rings. The number of hydrogen-bond donors (Lipinski definition) is 0. The molecule has 0 aliphatic carbocycles. The third-order valence-electron chi connectivity index (χ3n) is 2.92. The van der Waals surface area contributed by atoms with Gasteiger partial charge in [-0.25, -0.2) is 0 Å². The summed E-state index contributed by atoms with van der Waals surface area (Å²) < 4.78 is 5.26. The number of carbonyl (C=O) groups is 1. The molecule has 0 atom stereocenters. The second-order valence-electron chi connectivity index (χ2n) is 4.64. The van der Waals surface area contributed by atoms with Crippen LogP contribution < -0.4 is 4.90 Å². The van der Waals surface area contributed by atoms with Gasteiger partial charge in [0.1, 0.15) is 6.54 Å². The van der Waals surface area contributed by atoms with E-state index >= 15 is 0 Å². The predicted molar refractivity (Wildman–Crippen MR) is 80.0 cm³/mol. The number of aryl methyl sites for hydroxylation is 1. The first-order chi connectivity index (χ1) is 9.27. The first-order valence-corrected chi connectivity index (χ1v) is 6.85. The molecule has 0 amide bonds. The number of hydrogen-bond acceptors (Lipinski definition) is 5. The van der Waals surface area contributed by atoms with Crippen LogP contribution in [-0.4, -0.2) is 30.6 Å². The molecular weight excluding hydrogens is 328 g/mol. The fraction of sp³-hybridized carbons (Fsp3) is 0.462. The summed E-state index contributed by atoms with van der Waals surface area (Å²) in [6.07, 6.45) is 0. The Morgan fingerprint density at radius 1 is 1.50 bits per heavy atom. The van der Waals surface area contributed by atoms with Crippen molar-refractivity contribution < 1.29 is 14.5 Å². The number of methoxy groups -OCH3 is 1. The Bertz CT molecular complexity index is 531. The molecule has 7 heteroatoms. The first-order valence-electron chi connectivity index (χ1n) is 6.06. The SMILES string of the molecule is COC(=O)CN(c1cc(C)c([N+](=O)[O-])cc1Br)C(C)C. The molecule has 1 aromatic carbocycles. The summed E-state index contributed by atoms with van der Waals surface area (Å²) in [5.41, 5.74) is 1.32. The molecule has 1 aromatic rings. The van der Waals surface area contributed by atoms with E-state index in [1.165, 1.54) is 13.2 Å². The van der Waals surface area contributed by atoms with Gasteiger partial charge in [0.05, 0.1) is 17.7 Å². The lowest BCUT2D eigenvalue weighted by atomic mass is 10.1. The number of rotatable bonds is 5. The zero-order valence-electron chi connectivity index (χ0n) is 11.8. The summed E-state index contributed by atoms with van der Waals surface area (Å²) in [6.45, 7) is 5.63. The summed E-state index contributed by atoms with van der Waals surface area (Å²) in [4.78, 5) is 23.8. The van der Waals surface area contributed by atoms with Crippen molar-refractivity contribution in [2.45, 2.75) is 26.8 Å². The van der Waals surface area contributed by atoms with Crippen LogP contribution in [0.3, 0.4) is 0 Å². The van der Waals surface area contributed by atoms with Crippen LogP contribution in [0.15, 0.2) is 16.6 Å². The lowest BCUT2D eigenvalue weighted by molar-refractivity contribution is -0.385. The van der Waals surface area contributed by atoms with Crippen LogP contribution in [0.5, 0.6) is 0 Å². The number of nitro groups is 1. The van der Waals surface area contributed by atoms with Gasteiger partial charge in [-0.15, -0.1) is 0 Å². The van der Waals surface area contributed by atoms with Crippen molar-refractivity contribution in [3.05, 3.63) is 32.3 Å². The highest BCUT2D eigenvalue weighted by Gasteiger charge is 2.21. The van der Waals surface area contributed by atoms with E-state index in [9.17, 15) is 14.9 Å². The highest BCUT2D eigenvalue weighted by atomic mass is 79.9. The lowest BCUT2D eigenvalue weighted by Gasteiger charge is -2.29. The average molecular weight is 345 g/mol. The molecule has 20 heavy (non-hydrogen) atoms. The van der Waals surface area contributed by atoms with E-state index in [4.69, 9.17) is 0 Å². The summed E-state index contributed by atoms with van der Waals surface area (Å²) in [5, 5.41) is 10.9. The Hall–Kier alpha value is -1.63. The predicted octanol–water partition coefficient (Wildman–Crippen LogP) is 3.05. The Balaban J connectivity index is 3.24. The van der Waals surface area contributed by atoms with Gasteiger partial charge in [-0.05, 0) is 42.8 Å². The molecule has 0 aliphatic rings. The van der Waals surface area contributed by atoms with Crippen molar-refractivity contribution in [3.8, 4) is 0 Å². The number of ether oxygens (including phenoxy) is 1. The standard InChI is InChI=1S/C13H17BrN2O4/c1-8(2)15(7-13(17)20-4)12-5-9(3)11(16(18)19)6-10(12)14/h5-6,8H,7H2,1-4H3. The Morgan fingerprint density at radius 2 is 2.10 bits per heavy atom. The number of nitro benzene ring substituents is 1. The highest BCUT2D eigenvalue weighted by Crippen LogP contribution is 2.34. The molecule has 0 heterocycles. The van der Waals surface area contributed by atoms with Gasteiger partial charge < -0.3 is 9.64 Å². The summed E-state index contributed by atoms with van der Waals surface area (Å²) in [5.74, 6) is -0.360. The zero-order chi connectivity index (χ0) is 15.4. The largest absolute Gasteiger partial charge is 0.468 e. The van der Waals surface area contributed by atoms with E-state index in [0.29, 0.717) is 10.0 Å². The number of benzene rings is 1. The normalized spacial score (nSPS) is 10.5. The zero-order valence-corrected chi connectivity index (χ0v) is 13.4. The third kappa shape index (κ3) is 3.69. The molecule has 0 spiro atoms. The fourth-order valence-electron chi connectivity index (χ4n) is 1.82. The van der Waals surface area contributed by atoms with Crippen molar-refractivity contribution >= 4 is 33.3 Å². The second-order valence-corrected chi connectivity index (χ2v) is 5.50. The van der Waals surface area contributed by atoms with Crippen LogP contribution in [0.25, 0.3) is 0 Å². The van der Waals surface area contributed by atoms with E-state index in [-0.39, 0.29) is 24.2 Å². The third-order valence-corrected chi connectivity index (χ3v) is 3.56. The molecule has 0 unspecified atom stereocenters. The number of anilines is 1. The van der Waals surface area contributed by atoms with Gasteiger partial charge in [0.25, 0.3) is 5.69 Å². The van der Waals surface area contributed by atoms with Gasteiger partial charge >= 0.3 is 5.97 Å². The van der Waals surface area contributed by atoms with E-state index < -0.39 is 4.92 Å². The lowest BCUT2D eigenvalue weighted by Crippen LogP contribution is -2.36. The van der Waals surface area contributed by atoms with Crippen molar-refractivity contribution in [2.75, 3.05) is 18.6 Å². The van der Waals surface area contributed by atoms with E-state index in [1.54, 1.807) is 13.0 Å². The molecule has 0 radical (unpaired) electrons. The molecule has 110 valence electrons. The van der Waals surface area contributed by atoms with Gasteiger partial charge in [-0.2, -0.15) is 0 Å². The van der Waals surface area contributed by atoms with Crippen LogP contribution in [-0.2, 0) is 9.53 Å². The number of carbonyl (C=O) groups excluding carboxylic acids is 1. The van der Waals surface area contributed by atoms with E-state index in [1.807, 2.05) is 18.7 Å². The summed E-state index contributed by atoms with van der Waals surface area (Å²) >= 11 is 3.33. The summed E-state index contributed by atoms with van der Waals surface area (Å²) in [7, 11) is 1.33. The molecule has 0 aliphatic heterocycles. The van der Waals surface area contributed by atoms with Crippen molar-refractivity contribution in [1.29, 1.82) is 0 Å². The van der Waals surface area contributed by atoms with Crippen molar-refractivity contribution in [3.63, 3.8) is 0 Å². The van der Waals surface area contributed by atoms with Gasteiger partial charge in [0.15, 0.2) is 0 Å². The molecule has 0 saturated carbocycles. The quantitative estimate of drug-likeness (QED) is 0.466. The van der Waals surface area contributed by atoms with Crippen molar-refractivity contribution in [2.24, 2.45) is 0 Å². The molecule has 0 N–H and O–H groups in total. The van der Waals surface area contributed by atoms with E-state index in [0.717, 1.165) is 5.69 Å². The molecular formula is C13H17BrN2O4. The van der Waals surface area contributed by atoms with Crippen LogP contribution in [0, 0.1) is 17.0 Å². The van der Waals surface area contributed by atoms with Gasteiger partial charge in [0, 0.05) is 22.1 Å². The second kappa shape index (κ2) is 6.69. The van der Waals surface area contributed by atoms with Gasteiger partial charge in [-0.3, -0.25) is 14.9 Å². The summed E-state index contributed by atoms with van der Waals surface area (Å²) in [6, 6.07) is 3.20. The topological polar surface area (TPSA) is 72.7 Å². The van der Waals surface area contributed by atoms with Gasteiger partial charge in [0.2, 0.25) is 0 Å². The highest BCUT2D eigenvalue weighted by molar-refractivity contribution is 9.10. The number of halogens is 1. The minimum absolute atomic E-state index is 0.0439. The smallest absolute Gasteiger partial charge is 0.325 e. The minimum Gasteiger partial charge on any atom is -0.468 e. The number of esters is 1.